The summed E-state index contributed by atoms with van der Waals surface area (Å²) in [6.07, 6.45) is 5.51. The third-order valence-electron chi connectivity index (χ3n) is 5.28. The van der Waals surface area contributed by atoms with Gasteiger partial charge in [-0.05, 0) is 12.5 Å². The van der Waals surface area contributed by atoms with Crippen molar-refractivity contribution in [3.8, 4) is 0 Å². The molecule has 0 N–H and O–H groups in total. The molecule has 0 spiro atoms. The van der Waals surface area contributed by atoms with Crippen molar-refractivity contribution >= 4 is 11.8 Å². The Morgan fingerprint density at radius 3 is 2.08 bits per heavy atom. The molecule has 2 atom stereocenters. The average Bonchev–Trinajstić information content (AvgIpc) is 3.14. The number of hydrogen-bond acceptors (Lipinski definition) is 6. The van der Waals surface area contributed by atoms with E-state index in [1.807, 2.05) is 19.3 Å². The maximum Gasteiger partial charge on any atom is 0.225 e. The van der Waals surface area contributed by atoms with Crippen LogP contribution in [0.3, 0.4) is 0 Å². The third kappa shape index (κ3) is 3.17. The van der Waals surface area contributed by atoms with E-state index in [0.29, 0.717) is 11.8 Å². The van der Waals surface area contributed by atoms with Crippen LogP contribution in [0.4, 0.5) is 11.8 Å². The van der Waals surface area contributed by atoms with Crippen LogP contribution in [0, 0.1) is 18.8 Å². The van der Waals surface area contributed by atoms with Crippen molar-refractivity contribution in [1.29, 1.82) is 0 Å². The minimum absolute atomic E-state index is 0.0485. The van der Waals surface area contributed by atoms with E-state index in [-0.39, 0.29) is 5.41 Å². The third-order valence-corrected chi connectivity index (χ3v) is 5.28. The van der Waals surface area contributed by atoms with Crippen molar-refractivity contribution in [2.45, 2.75) is 33.1 Å². The van der Waals surface area contributed by atoms with Gasteiger partial charge in [0.15, 0.2) is 0 Å². The normalized spacial score (nSPS) is 23.2. The molecule has 0 aliphatic carbocycles. The zero-order valence-corrected chi connectivity index (χ0v) is 15.5. The Balaban J connectivity index is 1.45. The molecule has 6 heteroatoms. The van der Waals surface area contributed by atoms with Gasteiger partial charge in [0.2, 0.25) is 5.95 Å². The van der Waals surface area contributed by atoms with Gasteiger partial charge < -0.3 is 9.80 Å². The molecule has 2 aliphatic rings. The lowest BCUT2D eigenvalue weighted by Gasteiger charge is -2.24. The summed E-state index contributed by atoms with van der Waals surface area (Å²) in [5.41, 5.74) is 2.25. The molecule has 4 heterocycles. The lowest BCUT2D eigenvalue weighted by atomic mass is 9.92. The number of aryl methyl sites for hydroxylation is 1. The van der Waals surface area contributed by atoms with Crippen LogP contribution >= 0.6 is 0 Å². The number of anilines is 2. The molecule has 132 valence electrons. The highest BCUT2D eigenvalue weighted by molar-refractivity contribution is 5.44. The fraction of sp³-hybridized carbons (Fsp3) is 0.579. The van der Waals surface area contributed by atoms with Crippen LogP contribution < -0.4 is 9.80 Å². The molecule has 0 amide bonds. The maximum absolute atomic E-state index is 4.53. The molecule has 2 saturated heterocycles. The van der Waals surface area contributed by atoms with Crippen LogP contribution in [0.2, 0.25) is 0 Å². The van der Waals surface area contributed by atoms with E-state index in [1.54, 1.807) is 6.33 Å². The summed E-state index contributed by atoms with van der Waals surface area (Å²) >= 11 is 0. The standard InChI is InChI=1S/C19H26N6/c1-13-6-20-18(21-7-13)25-10-14-8-24(9-15(14)11-25)17-5-16(19(2,3)4)22-12-23-17/h5-7,12,14-15H,8-11H2,1-4H3. The molecule has 0 bridgehead atoms. The van der Waals surface area contributed by atoms with Crippen molar-refractivity contribution in [3.63, 3.8) is 0 Å². The number of aromatic nitrogens is 4. The van der Waals surface area contributed by atoms with Gasteiger partial charge in [-0.15, -0.1) is 0 Å². The summed E-state index contributed by atoms with van der Waals surface area (Å²) in [6, 6.07) is 2.15. The predicted octanol–water partition coefficient (Wildman–Crippen LogP) is 2.45. The Morgan fingerprint density at radius 1 is 0.880 bits per heavy atom. The molecule has 2 fully saturated rings. The highest BCUT2D eigenvalue weighted by Gasteiger charge is 2.41. The Bertz CT molecular complexity index is 737. The Morgan fingerprint density at radius 2 is 1.48 bits per heavy atom. The van der Waals surface area contributed by atoms with Crippen molar-refractivity contribution in [3.05, 3.63) is 36.0 Å². The van der Waals surface area contributed by atoms with Crippen molar-refractivity contribution in [1.82, 2.24) is 19.9 Å². The van der Waals surface area contributed by atoms with Crippen LogP contribution in [-0.2, 0) is 5.41 Å². The first-order valence-corrected chi connectivity index (χ1v) is 9.01. The highest BCUT2D eigenvalue weighted by Crippen LogP contribution is 2.35. The number of hydrogen-bond donors (Lipinski definition) is 0. The van der Waals surface area contributed by atoms with Gasteiger partial charge in [0, 0.05) is 61.9 Å². The van der Waals surface area contributed by atoms with Gasteiger partial charge in [0.25, 0.3) is 0 Å². The fourth-order valence-corrected chi connectivity index (χ4v) is 3.82. The predicted molar refractivity (Wildman–Crippen MR) is 98.9 cm³/mol. The van der Waals surface area contributed by atoms with E-state index in [4.69, 9.17) is 0 Å². The van der Waals surface area contributed by atoms with Gasteiger partial charge in [0.05, 0.1) is 5.69 Å². The first-order chi connectivity index (χ1) is 11.9. The molecule has 4 rings (SSSR count). The van der Waals surface area contributed by atoms with Crippen molar-refractivity contribution < 1.29 is 0 Å². The molecule has 0 saturated carbocycles. The lowest BCUT2D eigenvalue weighted by Crippen LogP contribution is -2.30. The summed E-state index contributed by atoms with van der Waals surface area (Å²) in [5.74, 6) is 3.23. The highest BCUT2D eigenvalue weighted by atomic mass is 15.3. The van der Waals surface area contributed by atoms with Gasteiger partial charge in [-0.1, -0.05) is 20.8 Å². The molecule has 25 heavy (non-hydrogen) atoms. The van der Waals surface area contributed by atoms with Crippen molar-refractivity contribution in [2.24, 2.45) is 11.8 Å². The van der Waals surface area contributed by atoms with E-state index in [0.717, 1.165) is 49.2 Å². The molecule has 2 aliphatic heterocycles. The maximum atomic E-state index is 4.53. The molecular weight excluding hydrogens is 312 g/mol. The number of rotatable bonds is 2. The first kappa shape index (κ1) is 16.2. The molecule has 2 aromatic heterocycles. The topological polar surface area (TPSA) is 58.0 Å². The largest absolute Gasteiger partial charge is 0.356 e. The number of nitrogens with zero attached hydrogens (tertiary/aromatic N) is 6. The lowest BCUT2D eigenvalue weighted by molar-refractivity contribution is 0.533. The molecule has 0 aromatic carbocycles. The van der Waals surface area contributed by atoms with Crippen LogP contribution in [-0.4, -0.2) is 46.1 Å². The number of fused-ring (bicyclic) bond motifs is 1. The Hall–Kier alpha value is -2.24. The van der Waals surface area contributed by atoms with Crippen LogP contribution in [0.25, 0.3) is 0 Å². The quantitative estimate of drug-likeness (QED) is 0.838. The fourth-order valence-electron chi connectivity index (χ4n) is 3.82. The Kier molecular flexibility index (Phi) is 3.85. The second kappa shape index (κ2) is 5.93. The summed E-state index contributed by atoms with van der Waals surface area (Å²) in [7, 11) is 0. The van der Waals surface area contributed by atoms with Gasteiger partial charge in [-0.2, -0.15) is 0 Å². The van der Waals surface area contributed by atoms with Crippen LogP contribution in [0.5, 0.6) is 0 Å². The van der Waals surface area contributed by atoms with Crippen LogP contribution in [0.1, 0.15) is 32.0 Å². The molecule has 2 unspecified atom stereocenters. The van der Waals surface area contributed by atoms with E-state index in [9.17, 15) is 0 Å². The summed E-state index contributed by atoms with van der Waals surface area (Å²) < 4.78 is 0. The zero-order chi connectivity index (χ0) is 17.6. The summed E-state index contributed by atoms with van der Waals surface area (Å²) in [5, 5.41) is 0. The van der Waals surface area contributed by atoms with Gasteiger partial charge in [-0.3, -0.25) is 0 Å². The van der Waals surface area contributed by atoms with E-state index in [2.05, 4.69) is 56.6 Å². The monoisotopic (exact) mass is 338 g/mol. The van der Waals surface area contributed by atoms with Gasteiger partial charge in [0.1, 0.15) is 12.1 Å². The minimum atomic E-state index is 0.0485. The smallest absolute Gasteiger partial charge is 0.225 e. The first-order valence-electron chi connectivity index (χ1n) is 9.01. The minimum Gasteiger partial charge on any atom is -0.356 e. The second-order valence-corrected chi connectivity index (χ2v) is 8.40. The zero-order valence-electron chi connectivity index (χ0n) is 15.5. The molecular formula is C19H26N6. The summed E-state index contributed by atoms with van der Waals surface area (Å²) in [4.78, 5) is 22.7. The van der Waals surface area contributed by atoms with Gasteiger partial charge >= 0.3 is 0 Å². The molecule has 6 nitrogen and oxygen atoms in total. The van der Waals surface area contributed by atoms with Crippen molar-refractivity contribution in [2.75, 3.05) is 36.0 Å². The van der Waals surface area contributed by atoms with E-state index in [1.165, 1.54) is 0 Å². The van der Waals surface area contributed by atoms with Gasteiger partial charge in [-0.25, -0.2) is 19.9 Å². The second-order valence-electron chi connectivity index (χ2n) is 8.40. The SMILES string of the molecule is Cc1cnc(N2CC3CN(c4cc(C(C)(C)C)ncn4)CC3C2)nc1. The molecule has 0 radical (unpaired) electrons. The van der Waals surface area contributed by atoms with E-state index >= 15 is 0 Å². The molecule has 2 aromatic rings. The summed E-state index contributed by atoms with van der Waals surface area (Å²) in [6.45, 7) is 12.8. The average molecular weight is 338 g/mol. The van der Waals surface area contributed by atoms with E-state index < -0.39 is 0 Å². The van der Waals surface area contributed by atoms with Crippen LogP contribution in [0.15, 0.2) is 24.8 Å². The Labute approximate surface area is 149 Å².